The van der Waals surface area contributed by atoms with Crippen molar-refractivity contribution in [1.82, 2.24) is 4.90 Å². The molecule has 1 aliphatic rings. The molecule has 0 saturated heterocycles. The minimum atomic E-state index is 0.634. The molecule has 1 aliphatic heterocycles. The Morgan fingerprint density at radius 3 is 2.56 bits per heavy atom. The summed E-state index contributed by atoms with van der Waals surface area (Å²) < 4.78 is 0. The molecule has 0 aromatic carbocycles. The van der Waals surface area contributed by atoms with Gasteiger partial charge in [0.15, 0.2) is 6.17 Å². The molecule has 0 radical (unpaired) electrons. The summed E-state index contributed by atoms with van der Waals surface area (Å²) in [6.07, 6.45) is 4.99. The molecule has 0 bridgehead atoms. The normalized spacial score (nSPS) is 33.9. The third kappa shape index (κ3) is 1.08. The van der Waals surface area contributed by atoms with E-state index in [0.29, 0.717) is 6.17 Å². The molecular weight excluding hydrogens is 112 g/mol. The van der Waals surface area contributed by atoms with Gasteiger partial charge < -0.3 is 4.90 Å². The van der Waals surface area contributed by atoms with Gasteiger partial charge in [-0.05, 0) is 6.92 Å². The molecule has 1 N–H and O–H groups in total. The summed E-state index contributed by atoms with van der Waals surface area (Å²) in [6.45, 7) is 5.54. The average Bonchev–Trinajstić information content (AvgIpc) is 2.15. The van der Waals surface area contributed by atoms with Crippen LogP contribution in [0, 0.1) is 0 Å². The van der Waals surface area contributed by atoms with Gasteiger partial charge in [-0.15, -0.1) is 0 Å². The Balaban J connectivity index is 2.51. The molecule has 0 aliphatic carbocycles. The summed E-state index contributed by atoms with van der Waals surface area (Å²) in [6, 6.07) is 0. The van der Waals surface area contributed by atoms with E-state index in [1.54, 1.807) is 0 Å². The molecule has 2 atom stereocenters. The Kier molecular flexibility index (Phi) is 1.76. The monoisotopic (exact) mass is 127 g/mol. The van der Waals surface area contributed by atoms with E-state index in [1.807, 2.05) is 0 Å². The SMILES string of the molecule is CCN1C=C[NH+](C)C1C. The standard InChI is InChI=1S/C7H14N2/c1-4-9-6-5-8(3)7(9)2/h5-7H,4H2,1-3H3/p+1. The predicted octanol–water partition coefficient (Wildman–Crippen LogP) is -0.346. The van der Waals surface area contributed by atoms with Crippen molar-refractivity contribution in [3.63, 3.8) is 0 Å². The topological polar surface area (TPSA) is 7.68 Å². The van der Waals surface area contributed by atoms with Crippen LogP contribution in [0.1, 0.15) is 13.8 Å². The van der Waals surface area contributed by atoms with Crippen LogP contribution in [0.5, 0.6) is 0 Å². The number of quaternary nitrogens is 1. The molecule has 2 unspecified atom stereocenters. The second-order valence-corrected chi connectivity index (χ2v) is 2.57. The molecule has 0 fully saturated rings. The van der Waals surface area contributed by atoms with Crippen molar-refractivity contribution in [2.45, 2.75) is 20.0 Å². The quantitative estimate of drug-likeness (QED) is 0.506. The van der Waals surface area contributed by atoms with Gasteiger partial charge in [0.05, 0.1) is 13.2 Å². The van der Waals surface area contributed by atoms with Crippen LogP contribution in [0.15, 0.2) is 12.4 Å². The summed E-state index contributed by atoms with van der Waals surface area (Å²) in [5, 5.41) is 0. The van der Waals surface area contributed by atoms with Crippen molar-refractivity contribution in [3.05, 3.63) is 12.4 Å². The highest BCUT2D eigenvalue weighted by molar-refractivity contribution is 4.80. The fourth-order valence-corrected chi connectivity index (χ4v) is 1.12. The van der Waals surface area contributed by atoms with Gasteiger partial charge in [0.2, 0.25) is 0 Å². The Bertz CT molecular complexity index is 120. The molecular formula is C7H15N2+. The van der Waals surface area contributed by atoms with Crippen LogP contribution in [0.3, 0.4) is 0 Å². The highest BCUT2D eigenvalue weighted by Gasteiger charge is 2.20. The Morgan fingerprint density at radius 1 is 1.67 bits per heavy atom. The van der Waals surface area contributed by atoms with E-state index in [1.165, 1.54) is 4.90 Å². The molecule has 2 nitrogen and oxygen atoms in total. The first-order valence-electron chi connectivity index (χ1n) is 3.53. The molecule has 0 saturated carbocycles. The zero-order chi connectivity index (χ0) is 6.85. The third-order valence-electron chi connectivity index (χ3n) is 2.05. The van der Waals surface area contributed by atoms with Crippen LogP contribution in [-0.2, 0) is 0 Å². The van der Waals surface area contributed by atoms with Gasteiger partial charge in [-0.25, -0.2) is 0 Å². The molecule has 0 spiro atoms. The molecule has 2 heteroatoms. The molecule has 1 heterocycles. The van der Waals surface area contributed by atoms with Crippen LogP contribution in [0.4, 0.5) is 0 Å². The Labute approximate surface area is 56.8 Å². The van der Waals surface area contributed by atoms with Gasteiger partial charge in [-0.2, -0.15) is 0 Å². The molecule has 0 aromatic rings. The van der Waals surface area contributed by atoms with Crippen molar-refractivity contribution in [1.29, 1.82) is 0 Å². The summed E-state index contributed by atoms with van der Waals surface area (Å²) in [5.41, 5.74) is 0. The van der Waals surface area contributed by atoms with Crippen LogP contribution in [0.2, 0.25) is 0 Å². The lowest BCUT2D eigenvalue weighted by molar-refractivity contribution is -0.854. The van der Waals surface area contributed by atoms with E-state index in [2.05, 4.69) is 38.2 Å². The van der Waals surface area contributed by atoms with Gasteiger partial charge in [0.25, 0.3) is 0 Å². The summed E-state index contributed by atoms with van der Waals surface area (Å²) in [7, 11) is 2.18. The number of rotatable bonds is 1. The highest BCUT2D eigenvalue weighted by atomic mass is 15.4. The van der Waals surface area contributed by atoms with E-state index in [-0.39, 0.29) is 0 Å². The van der Waals surface area contributed by atoms with Gasteiger partial charge in [0.1, 0.15) is 6.20 Å². The summed E-state index contributed by atoms with van der Waals surface area (Å²) in [4.78, 5) is 3.80. The zero-order valence-corrected chi connectivity index (χ0v) is 6.39. The highest BCUT2D eigenvalue weighted by Crippen LogP contribution is 1.96. The molecule has 0 aromatic heterocycles. The first kappa shape index (κ1) is 6.62. The van der Waals surface area contributed by atoms with Gasteiger partial charge in [0, 0.05) is 13.5 Å². The maximum absolute atomic E-state index is 2.33. The average molecular weight is 127 g/mol. The van der Waals surface area contributed by atoms with E-state index >= 15 is 0 Å². The largest absolute Gasteiger partial charge is 0.324 e. The minimum absolute atomic E-state index is 0.634. The predicted molar refractivity (Wildman–Crippen MR) is 37.9 cm³/mol. The van der Waals surface area contributed by atoms with Gasteiger partial charge in [-0.3, -0.25) is 4.90 Å². The fourth-order valence-electron chi connectivity index (χ4n) is 1.12. The lowest BCUT2D eigenvalue weighted by atomic mass is 10.5. The maximum atomic E-state index is 2.33. The second-order valence-electron chi connectivity index (χ2n) is 2.57. The lowest BCUT2D eigenvalue weighted by Gasteiger charge is -2.20. The number of nitrogens with one attached hydrogen (secondary N) is 1. The molecule has 0 amide bonds. The van der Waals surface area contributed by atoms with Crippen LogP contribution < -0.4 is 4.90 Å². The molecule has 52 valence electrons. The van der Waals surface area contributed by atoms with Gasteiger partial charge in [-0.1, -0.05) is 0 Å². The lowest BCUT2D eigenvalue weighted by Crippen LogP contribution is -3.07. The van der Waals surface area contributed by atoms with Crippen LogP contribution in [0.25, 0.3) is 0 Å². The summed E-state index contributed by atoms with van der Waals surface area (Å²) in [5.74, 6) is 0. The van der Waals surface area contributed by atoms with E-state index in [4.69, 9.17) is 0 Å². The van der Waals surface area contributed by atoms with E-state index in [0.717, 1.165) is 6.54 Å². The van der Waals surface area contributed by atoms with Crippen molar-refractivity contribution < 1.29 is 4.90 Å². The number of nitrogens with zero attached hydrogens (tertiary/aromatic N) is 1. The maximum Gasteiger partial charge on any atom is 0.164 e. The number of hydrogen-bond donors (Lipinski definition) is 1. The smallest absolute Gasteiger partial charge is 0.164 e. The molecule has 9 heavy (non-hydrogen) atoms. The number of hydrogen-bond acceptors (Lipinski definition) is 1. The van der Waals surface area contributed by atoms with Crippen LogP contribution in [-0.4, -0.2) is 24.7 Å². The Hall–Kier alpha value is -0.500. The third-order valence-corrected chi connectivity index (χ3v) is 2.05. The van der Waals surface area contributed by atoms with Crippen molar-refractivity contribution in [3.8, 4) is 0 Å². The fraction of sp³-hybridized carbons (Fsp3) is 0.714. The minimum Gasteiger partial charge on any atom is -0.324 e. The van der Waals surface area contributed by atoms with Crippen molar-refractivity contribution in [2.75, 3.05) is 13.6 Å². The van der Waals surface area contributed by atoms with Crippen molar-refractivity contribution >= 4 is 0 Å². The summed E-state index contributed by atoms with van der Waals surface area (Å²) >= 11 is 0. The van der Waals surface area contributed by atoms with Gasteiger partial charge >= 0.3 is 0 Å². The second kappa shape index (κ2) is 2.40. The van der Waals surface area contributed by atoms with Crippen LogP contribution >= 0.6 is 0 Å². The zero-order valence-electron chi connectivity index (χ0n) is 6.39. The first-order valence-corrected chi connectivity index (χ1v) is 3.53. The van der Waals surface area contributed by atoms with E-state index < -0.39 is 0 Å². The molecule has 1 rings (SSSR count). The Morgan fingerprint density at radius 2 is 2.33 bits per heavy atom. The first-order chi connectivity index (χ1) is 4.25. The van der Waals surface area contributed by atoms with E-state index in [9.17, 15) is 0 Å². The van der Waals surface area contributed by atoms with Crippen molar-refractivity contribution in [2.24, 2.45) is 0 Å².